The summed E-state index contributed by atoms with van der Waals surface area (Å²) < 4.78 is 0.947. The maximum atomic E-state index is 11.7. The van der Waals surface area contributed by atoms with Gasteiger partial charge in [0.2, 0.25) is 0 Å². The van der Waals surface area contributed by atoms with Crippen molar-refractivity contribution in [2.24, 2.45) is 0 Å². The molecular formula is C10H14BrNO2S. The number of amides is 1. The van der Waals surface area contributed by atoms with E-state index in [0.29, 0.717) is 11.3 Å². The molecule has 1 heterocycles. The van der Waals surface area contributed by atoms with Gasteiger partial charge in [-0.1, -0.05) is 6.92 Å². The third kappa shape index (κ3) is 3.93. The Morgan fingerprint density at radius 3 is 2.87 bits per heavy atom. The first-order chi connectivity index (χ1) is 7.17. The van der Waals surface area contributed by atoms with Crippen LogP contribution in [0.15, 0.2) is 15.9 Å². The normalized spacial score (nSPS) is 12.5. The zero-order chi connectivity index (χ0) is 11.3. The molecule has 0 fully saturated rings. The maximum Gasteiger partial charge on any atom is 0.261 e. The first-order valence-corrected chi connectivity index (χ1v) is 6.45. The molecule has 0 saturated heterocycles. The highest BCUT2D eigenvalue weighted by Crippen LogP contribution is 2.22. The van der Waals surface area contributed by atoms with Gasteiger partial charge in [-0.05, 0) is 40.9 Å². The van der Waals surface area contributed by atoms with Crippen molar-refractivity contribution in [3.63, 3.8) is 0 Å². The number of rotatable bonds is 5. The first-order valence-electron chi connectivity index (χ1n) is 4.84. The monoisotopic (exact) mass is 291 g/mol. The highest BCUT2D eigenvalue weighted by molar-refractivity contribution is 9.11. The number of nitrogens with one attached hydrogen (secondary N) is 1. The number of hydrogen-bond donors (Lipinski definition) is 2. The number of halogens is 1. The molecule has 3 nitrogen and oxygen atoms in total. The summed E-state index contributed by atoms with van der Waals surface area (Å²) in [5, 5.41) is 11.7. The Morgan fingerprint density at radius 1 is 1.67 bits per heavy atom. The molecule has 1 unspecified atom stereocenters. The minimum atomic E-state index is -0.0639. The second kappa shape index (κ2) is 6.25. The van der Waals surface area contributed by atoms with Crippen molar-refractivity contribution in [2.45, 2.75) is 25.8 Å². The fourth-order valence-corrected chi connectivity index (χ4v) is 2.52. The number of carbonyl (C=O) groups is 1. The fourth-order valence-electron chi connectivity index (χ4n) is 1.23. The number of thiophene rings is 1. The lowest BCUT2D eigenvalue weighted by Crippen LogP contribution is -2.34. The van der Waals surface area contributed by atoms with E-state index in [2.05, 4.69) is 21.2 Å². The van der Waals surface area contributed by atoms with Crippen molar-refractivity contribution in [1.82, 2.24) is 5.32 Å². The molecule has 1 aromatic rings. The van der Waals surface area contributed by atoms with E-state index in [0.717, 1.165) is 10.2 Å². The molecule has 0 aliphatic carbocycles. The zero-order valence-electron chi connectivity index (χ0n) is 8.50. The van der Waals surface area contributed by atoms with Gasteiger partial charge < -0.3 is 10.4 Å². The van der Waals surface area contributed by atoms with Crippen molar-refractivity contribution >= 4 is 33.2 Å². The summed E-state index contributed by atoms with van der Waals surface area (Å²) in [6.45, 7) is 2.10. The molecule has 0 radical (unpaired) electrons. The summed E-state index contributed by atoms with van der Waals surface area (Å²) in [5.41, 5.74) is 0. The van der Waals surface area contributed by atoms with Crippen LogP contribution < -0.4 is 5.32 Å². The molecule has 1 aromatic heterocycles. The predicted molar refractivity (Wildman–Crippen MR) is 65.3 cm³/mol. The third-order valence-corrected chi connectivity index (χ3v) is 3.72. The lowest BCUT2D eigenvalue weighted by atomic mass is 10.1. The van der Waals surface area contributed by atoms with E-state index < -0.39 is 0 Å². The Kier molecular flexibility index (Phi) is 5.28. The van der Waals surface area contributed by atoms with Crippen LogP contribution in [0.3, 0.4) is 0 Å². The largest absolute Gasteiger partial charge is 0.396 e. The molecule has 0 aromatic carbocycles. The molecule has 0 aliphatic heterocycles. The van der Waals surface area contributed by atoms with Gasteiger partial charge in [0, 0.05) is 12.6 Å². The quantitative estimate of drug-likeness (QED) is 0.875. The van der Waals surface area contributed by atoms with Crippen molar-refractivity contribution in [2.75, 3.05) is 6.61 Å². The van der Waals surface area contributed by atoms with Gasteiger partial charge in [-0.25, -0.2) is 0 Å². The van der Waals surface area contributed by atoms with Gasteiger partial charge >= 0.3 is 0 Å². The summed E-state index contributed by atoms with van der Waals surface area (Å²) >= 11 is 4.72. The van der Waals surface area contributed by atoms with Gasteiger partial charge in [0.15, 0.2) is 0 Å². The Balaban J connectivity index is 2.54. The van der Waals surface area contributed by atoms with Crippen molar-refractivity contribution in [3.05, 3.63) is 20.8 Å². The van der Waals surface area contributed by atoms with Gasteiger partial charge in [-0.2, -0.15) is 0 Å². The van der Waals surface area contributed by atoms with Crippen LogP contribution in [0.4, 0.5) is 0 Å². The molecule has 1 amide bonds. The molecule has 0 bridgehead atoms. The number of carbonyl (C=O) groups excluding carboxylic acids is 1. The van der Waals surface area contributed by atoms with Gasteiger partial charge in [0.1, 0.15) is 0 Å². The minimum Gasteiger partial charge on any atom is -0.396 e. The molecule has 84 valence electrons. The number of aliphatic hydroxyl groups excluding tert-OH is 1. The van der Waals surface area contributed by atoms with E-state index in [4.69, 9.17) is 5.11 Å². The highest BCUT2D eigenvalue weighted by Gasteiger charge is 2.13. The van der Waals surface area contributed by atoms with Crippen LogP contribution in [0.1, 0.15) is 29.4 Å². The minimum absolute atomic E-state index is 0.0587. The van der Waals surface area contributed by atoms with E-state index in [1.54, 1.807) is 6.07 Å². The molecule has 0 spiro atoms. The van der Waals surface area contributed by atoms with Crippen LogP contribution >= 0.6 is 27.3 Å². The third-order valence-electron chi connectivity index (χ3n) is 2.10. The lowest BCUT2D eigenvalue weighted by Gasteiger charge is -2.14. The van der Waals surface area contributed by atoms with Crippen molar-refractivity contribution in [3.8, 4) is 0 Å². The topological polar surface area (TPSA) is 49.3 Å². The number of aliphatic hydroxyl groups is 1. The van der Waals surface area contributed by atoms with Crippen LogP contribution in [-0.4, -0.2) is 23.7 Å². The molecule has 0 aliphatic rings. The van der Waals surface area contributed by atoms with E-state index >= 15 is 0 Å². The van der Waals surface area contributed by atoms with Crippen molar-refractivity contribution < 1.29 is 9.90 Å². The Bertz CT molecular complexity index is 327. The summed E-state index contributed by atoms with van der Waals surface area (Å²) in [4.78, 5) is 12.4. The van der Waals surface area contributed by atoms with Gasteiger partial charge in [-0.15, -0.1) is 11.3 Å². The van der Waals surface area contributed by atoms with E-state index in [1.165, 1.54) is 11.3 Å². The van der Waals surface area contributed by atoms with Crippen molar-refractivity contribution in [1.29, 1.82) is 0 Å². The first kappa shape index (κ1) is 12.7. The molecule has 1 rings (SSSR count). The summed E-state index contributed by atoms with van der Waals surface area (Å²) in [5.74, 6) is -0.0639. The van der Waals surface area contributed by atoms with Crippen LogP contribution in [0, 0.1) is 0 Å². The summed E-state index contributed by atoms with van der Waals surface area (Å²) in [6.07, 6.45) is 1.44. The number of hydrogen-bond acceptors (Lipinski definition) is 3. The van der Waals surface area contributed by atoms with Crippen LogP contribution in [0.25, 0.3) is 0 Å². The Hall–Kier alpha value is -0.390. The van der Waals surface area contributed by atoms with Gasteiger partial charge in [-0.3, -0.25) is 4.79 Å². The molecule has 5 heteroatoms. The molecular weight excluding hydrogens is 278 g/mol. The second-order valence-electron chi connectivity index (χ2n) is 3.19. The van der Waals surface area contributed by atoms with Gasteiger partial charge in [0.05, 0.1) is 8.66 Å². The second-order valence-corrected chi connectivity index (χ2v) is 5.66. The summed E-state index contributed by atoms with van der Waals surface area (Å²) in [6, 6.07) is 3.70. The maximum absolute atomic E-state index is 11.7. The summed E-state index contributed by atoms with van der Waals surface area (Å²) in [7, 11) is 0. The highest BCUT2D eigenvalue weighted by atomic mass is 79.9. The Labute approximate surface area is 102 Å². The van der Waals surface area contributed by atoms with E-state index in [1.807, 2.05) is 13.0 Å². The van der Waals surface area contributed by atoms with Gasteiger partial charge in [0.25, 0.3) is 5.91 Å². The zero-order valence-corrected chi connectivity index (χ0v) is 10.9. The van der Waals surface area contributed by atoms with Crippen LogP contribution in [-0.2, 0) is 0 Å². The lowest BCUT2D eigenvalue weighted by molar-refractivity contribution is 0.0933. The molecule has 15 heavy (non-hydrogen) atoms. The molecule has 0 saturated carbocycles. The predicted octanol–water partition coefficient (Wildman–Crippen LogP) is 2.40. The smallest absolute Gasteiger partial charge is 0.261 e. The average Bonchev–Trinajstić information content (AvgIpc) is 2.64. The van der Waals surface area contributed by atoms with E-state index in [-0.39, 0.29) is 18.6 Å². The van der Waals surface area contributed by atoms with Crippen LogP contribution in [0.2, 0.25) is 0 Å². The average molecular weight is 292 g/mol. The van der Waals surface area contributed by atoms with Crippen LogP contribution in [0.5, 0.6) is 0 Å². The SMILES string of the molecule is CCC(CCO)NC(=O)c1ccc(Br)s1. The standard InChI is InChI=1S/C10H14BrNO2S/c1-2-7(5-6-13)12-10(14)8-3-4-9(11)15-8/h3-4,7,13H,2,5-6H2,1H3,(H,12,14). The molecule has 2 N–H and O–H groups in total. The molecule has 1 atom stereocenters. The van der Waals surface area contributed by atoms with E-state index in [9.17, 15) is 4.79 Å². The fraction of sp³-hybridized carbons (Fsp3) is 0.500. The Morgan fingerprint density at radius 2 is 2.40 bits per heavy atom.